The molecular weight excluding hydrogens is 284 g/mol. The average molecular weight is 291 g/mol. The Balaban J connectivity index is 2.33. The Morgan fingerprint density at radius 1 is 1.35 bits per heavy atom. The second-order valence-electron chi connectivity index (χ2n) is 3.81. The Morgan fingerprint density at radius 3 is 2.88 bits per heavy atom. The van der Waals surface area contributed by atoms with E-state index in [4.69, 9.17) is 0 Å². The number of aliphatic imine (C=N–C) groups is 1. The number of rotatable bonds is 1. The summed E-state index contributed by atoms with van der Waals surface area (Å²) in [5.74, 6) is 0. The van der Waals surface area contributed by atoms with Crippen molar-refractivity contribution in [3.63, 3.8) is 0 Å². The van der Waals surface area contributed by atoms with E-state index in [1.54, 1.807) is 6.08 Å². The summed E-state index contributed by atoms with van der Waals surface area (Å²) in [5.41, 5.74) is 3.20. The molecule has 0 atom stereocenters. The van der Waals surface area contributed by atoms with E-state index in [-0.39, 0.29) is 10.6 Å². The third-order valence-corrected chi connectivity index (χ3v) is 3.54. The molecule has 0 spiro atoms. The first-order valence-corrected chi connectivity index (χ1v) is 5.90. The van der Waals surface area contributed by atoms with Crippen LogP contribution in [-0.2, 0) is 0 Å². The molecule has 84 valence electrons. The first kappa shape index (κ1) is 10.4. The van der Waals surface area contributed by atoms with Gasteiger partial charge in [-0.25, -0.2) is 0 Å². The largest absolute Gasteiger partial charge is 0.292 e. The zero-order valence-electron chi connectivity index (χ0n) is 8.68. The molecule has 1 aromatic rings. The summed E-state index contributed by atoms with van der Waals surface area (Å²) in [6, 6.07) is 7.50. The molecule has 0 fully saturated rings. The number of halogens is 1. The predicted molar refractivity (Wildman–Crippen MR) is 69.1 cm³/mol. The lowest BCUT2D eigenvalue weighted by atomic mass is 9.95. The van der Waals surface area contributed by atoms with Crippen molar-refractivity contribution in [3.8, 4) is 0 Å². The monoisotopic (exact) mass is 290 g/mol. The highest BCUT2D eigenvalue weighted by Crippen LogP contribution is 2.42. The molecule has 0 unspecified atom stereocenters. The van der Waals surface area contributed by atoms with Gasteiger partial charge < -0.3 is 0 Å². The van der Waals surface area contributed by atoms with Crippen LogP contribution < -0.4 is 0 Å². The summed E-state index contributed by atoms with van der Waals surface area (Å²) in [6.45, 7) is 0. The number of fused-ring (bicyclic) bond motifs is 3. The maximum atomic E-state index is 11.1. The van der Waals surface area contributed by atoms with Gasteiger partial charge in [-0.2, -0.15) is 0 Å². The molecule has 17 heavy (non-hydrogen) atoms. The average Bonchev–Trinajstić information content (AvgIpc) is 2.67. The Labute approximate surface area is 106 Å². The van der Waals surface area contributed by atoms with Crippen LogP contribution in [0.15, 0.2) is 45.5 Å². The van der Waals surface area contributed by atoms with E-state index < -0.39 is 0 Å². The molecule has 5 heteroatoms. The zero-order chi connectivity index (χ0) is 12.0. The smallest absolute Gasteiger partial charge is 0.258 e. The van der Waals surface area contributed by atoms with Crippen LogP contribution in [0, 0.1) is 10.1 Å². The molecule has 1 aromatic carbocycles. The van der Waals surface area contributed by atoms with Crippen LogP contribution in [0.2, 0.25) is 0 Å². The van der Waals surface area contributed by atoms with Crippen molar-refractivity contribution in [2.24, 2.45) is 4.99 Å². The second-order valence-corrected chi connectivity index (χ2v) is 4.67. The summed E-state index contributed by atoms with van der Waals surface area (Å²) >= 11 is 3.25. The first-order valence-electron chi connectivity index (χ1n) is 5.10. The highest BCUT2D eigenvalue weighted by molar-refractivity contribution is 9.12. The number of allylic oxidation sites excluding steroid dienone is 3. The van der Waals surface area contributed by atoms with Crippen molar-refractivity contribution >= 4 is 32.9 Å². The van der Waals surface area contributed by atoms with Gasteiger partial charge >= 0.3 is 0 Å². The van der Waals surface area contributed by atoms with Gasteiger partial charge in [0.1, 0.15) is 0 Å². The van der Waals surface area contributed by atoms with Crippen molar-refractivity contribution in [2.75, 3.05) is 0 Å². The van der Waals surface area contributed by atoms with Gasteiger partial charge in [-0.15, -0.1) is 0 Å². The van der Waals surface area contributed by atoms with E-state index >= 15 is 0 Å². The summed E-state index contributed by atoms with van der Waals surface area (Å²) in [5, 5.41) is 11.1. The molecule has 1 aliphatic heterocycles. The van der Waals surface area contributed by atoms with Crippen LogP contribution in [0.5, 0.6) is 0 Å². The first-order chi connectivity index (χ1) is 8.18. The van der Waals surface area contributed by atoms with Crippen molar-refractivity contribution in [2.45, 2.75) is 6.42 Å². The Hall–Kier alpha value is -1.75. The SMILES string of the molecule is O=[N+]([O-])C1=C2C(=Nc3ccccc32)CC=C1Br. The van der Waals surface area contributed by atoms with Crippen LogP contribution >= 0.6 is 15.9 Å². The molecule has 1 aliphatic carbocycles. The van der Waals surface area contributed by atoms with Gasteiger partial charge in [-0.3, -0.25) is 15.1 Å². The van der Waals surface area contributed by atoms with Gasteiger partial charge in [0.2, 0.25) is 0 Å². The molecule has 0 radical (unpaired) electrons. The predicted octanol–water partition coefficient (Wildman–Crippen LogP) is 3.44. The van der Waals surface area contributed by atoms with Crippen molar-refractivity contribution in [1.29, 1.82) is 0 Å². The maximum absolute atomic E-state index is 11.1. The van der Waals surface area contributed by atoms with Crippen molar-refractivity contribution < 1.29 is 4.92 Å². The minimum atomic E-state index is -0.354. The highest BCUT2D eigenvalue weighted by atomic mass is 79.9. The number of hydrogen-bond donors (Lipinski definition) is 0. The minimum Gasteiger partial charge on any atom is -0.258 e. The lowest BCUT2D eigenvalue weighted by Crippen LogP contribution is -2.11. The van der Waals surface area contributed by atoms with Crippen molar-refractivity contribution in [3.05, 3.63) is 56.2 Å². The Kier molecular flexibility index (Phi) is 2.22. The van der Waals surface area contributed by atoms with Gasteiger partial charge in [0.05, 0.1) is 26.4 Å². The normalized spacial score (nSPS) is 17.2. The van der Waals surface area contributed by atoms with Gasteiger partial charge in [0.25, 0.3) is 5.70 Å². The molecule has 0 saturated heterocycles. The fourth-order valence-corrected chi connectivity index (χ4v) is 2.64. The molecule has 0 aromatic heterocycles. The van der Waals surface area contributed by atoms with E-state index in [1.165, 1.54) is 0 Å². The lowest BCUT2D eigenvalue weighted by Gasteiger charge is -2.10. The minimum absolute atomic E-state index is 0.111. The number of nitrogens with zero attached hydrogens (tertiary/aromatic N) is 2. The van der Waals surface area contributed by atoms with E-state index in [0.29, 0.717) is 16.5 Å². The van der Waals surface area contributed by atoms with Gasteiger partial charge in [-0.05, 0) is 22.0 Å². The molecule has 0 saturated carbocycles. The lowest BCUT2D eigenvalue weighted by molar-refractivity contribution is -0.418. The summed E-state index contributed by atoms with van der Waals surface area (Å²) < 4.78 is 0.535. The van der Waals surface area contributed by atoms with Gasteiger partial charge in [-0.1, -0.05) is 24.3 Å². The molecule has 2 aliphatic rings. The highest BCUT2D eigenvalue weighted by Gasteiger charge is 2.34. The fourth-order valence-electron chi connectivity index (χ4n) is 2.13. The van der Waals surface area contributed by atoms with E-state index in [1.807, 2.05) is 24.3 Å². The molecule has 4 nitrogen and oxygen atoms in total. The number of para-hydroxylation sites is 1. The maximum Gasteiger partial charge on any atom is 0.292 e. The Morgan fingerprint density at radius 2 is 2.12 bits per heavy atom. The van der Waals surface area contributed by atoms with E-state index in [0.717, 1.165) is 17.0 Å². The molecule has 0 N–H and O–H groups in total. The number of hydrogen-bond acceptors (Lipinski definition) is 3. The van der Waals surface area contributed by atoms with Gasteiger partial charge in [0, 0.05) is 12.0 Å². The quantitative estimate of drug-likeness (QED) is 0.588. The van der Waals surface area contributed by atoms with Crippen molar-refractivity contribution in [1.82, 2.24) is 0 Å². The molecule has 1 heterocycles. The zero-order valence-corrected chi connectivity index (χ0v) is 10.3. The molecule has 0 amide bonds. The molecular formula is C12H7BrN2O2. The topological polar surface area (TPSA) is 55.5 Å². The third-order valence-electron chi connectivity index (χ3n) is 2.84. The summed E-state index contributed by atoms with van der Waals surface area (Å²) in [7, 11) is 0. The standard InChI is InChI=1S/C12H7BrN2O2/c13-8-5-6-10-11(12(8)15(16)17)7-3-1-2-4-9(7)14-10/h1-5H,6H2. The van der Waals surface area contributed by atoms with E-state index in [2.05, 4.69) is 20.9 Å². The third kappa shape index (κ3) is 1.46. The number of benzene rings is 1. The van der Waals surface area contributed by atoms with Crippen LogP contribution in [0.25, 0.3) is 5.57 Å². The van der Waals surface area contributed by atoms with E-state index in [9.17, 15) is 10.1 Å². The molecule has 3 rings (SSSR count). The van der Waals surface area contributed by atoms with Crippen LogP contribution in [0.4, 0.5) is 5.69 Å². The van der Waals surface area contributed by atoms with Gasteiger partial charge in [0.15, 0.2) is 0 Å². The number of nitro groups is 1. The van der Waals surface area contributed by atoms with Crippen LogP contribution in [0.3, 0.4) is 0 Å². The molecule has 0 bridgehead atoms. The second kappa shape index (κ2) is 3.63. The Bertz CT molecular complexity index is 629. The fraction of sp³-hybridized carbons (Fsp3) is 0.0833. The summed E-state index contributed by atoms with van der Waals surface area (Å²) in [4.78, 5) is 15.2. The van der Waals surface area contributed by atoms with Crippen LogP contribution in [0.1, 0.15) is 12.0 Å². The van der Waals surface area contributed by atoms with Crippen LogP contribution in [-0.4, -0.2) is 10.6 Å². The summed E-state index contributed by atoms with van der Waals surface area (Å²) in [6.07, 6.45) is 2.41.